The molecule has 0 aliphatic heterocycles. The number of nitrogens with one attached hydrogen (secondary N) is 2. The quantitative estimate of drug-likeness (QED) is 0.630. The molecule has 0 spiro atoms. The first-order valence-electron chi connectivity index (χ1n) is 7.50. The first-order chi connectivity index (χ1) is 12.6. The lowest BCUT2D eigenvalue weighted by atomic mass is 10.2. The van der Waals surface area contributed by atoms with Crippen LogP contribution >= 0.6 is 23.2 Å². The smallest absolute Gasteiger partial charge is 0.249 e. The molecular weight excluding hydrogens is 377 g/mol. The Morgan fingerprint density at radius 2 is 1.77 bits per heavy atom. The van der Waals surface area contributed by atoms with Gasteiger partial charge in [0.05, 0.1) is 36.1 Å². The van der Waals surface area contributed by atoms with Crippen LogP contribution in [0.5, 0.6) is 11.5 Å². The Morgan fingerprint density at radius 3 is 2.50 bits per heavy atom. The summed E-state index contributed by atoms with van der Waals surface area (Å²) >= 11 is 11.9. The molecule has 0 saturated carbocycles. The van der Waals surface area contributed by atoms with Gasteiger partial charge in [0.2, 0.25) is 5.95 Å². The Morgan fingerprint density at radius 1 is 0.923 bits per heavy atom. The van der Waals surface area contributed by atoms with E-state index in [-0.39, 0.29) is 0 Å². The van der Waals surface area contributed by atoms with Gasteiger partial charge in [-0.3, -0.25) is 0 Å². The van der Waals surface area contributed by atoms with Crippen LogP contribution in [-0.4, -0.2) is 29.4 Å². The summed E-state index contributed by atoms with van der Waals surface area (Å²) < 4.78 is 10.5. The summed E-state index contributed by atoms with van der Waals surface area (Å²) in [5, 5.41) is 15.0. The zero-order valence-corrected chi connectivity index (χ0v) is 15.5. The van der Waals surface area contributed by atoms with Gasteiger partial charge in [-0.05, 0) is 30.3 Å². The minimum atomic E-state index is 0.304. The van der Waals surface area contributed by atoms with Gasteiger partial charge in [0.15, 0.2) is 5.82 Å². The lowest BCUT2D eigenvalue weighted by molar-refractivity contribution is 0.395. The molecule has 0 aliphatic rings. The summed E-state index contributed by atoms with van der Waals surface area (Å²) in [5.74, 6) is 2.07. The van der Waals surface area contributed by atoms with Crippen molar-refractivity contribution in [3.63, 3.8) is 0 Å². The number of hydrogen-bond acceptors (Lipinski definition) is 7. The molecule has 0 atom stereocenters. The third kappa shape index (κ3) is 4.25. The van der Waals surface area contributed by atoms with Gasteiger partial charge in [-0.15, -0.1) is 5.10 Å². The van der Waals surface area contributed by atoms with E-state index in [0.29, 0.717) is 39.0 Å². The van der Waals surface area contributed by atoms with Gasteiger partial charge in [-0.1, -0.05) is 23.2 Å². The molecule has 1 heterocycles. The Labute approximate surface area is 160 Å². The topological polar surface area (TPSA) is 81.2 Å². The number of nitrogens with zero attached hydrogens (tertiary/aromatic N) is 3. The summed E-state index contributed by atoms with van der Waals surface area (Å²) in [7, 11) is 3.16. The zero-order chi connectivity index (χ0) is 18.5. The maximum atomic E-state index is 6.02. The van der Waals surface area contributed by atoms with Crippen molar-refractivity contribution >= 4 is 46.3 Å². The normalized spacial score (nSPS) is 10.3. The number of methoxy groups -OCH3 is 2. The van der Waals surface area contributed by atoms with E-state index in [9.17, 15) is 0 Å². The van der Waals surface area contributed by atoms with Gasteiger partial charge in [-0.25, -0.2) is 0 Å². The number of rotatable bonds is 6. The minimum absolute atomic E-state index is 0.304. The van der Waals surface area contributed by atoms with E-state index in [1.807, 2.05) is 0 Å². The number of benzene rings is 2. The Hall–Kier alpha value is -2.77. The van der Waals surface area contributed by atoms with Crippen LogP contribution in [0.4, 0.5) is 23.1 Å². The molecule has 1 aromatic heterocycles. The predicted octanol–water partition coefficient (Wildman–Crippen LogP) is 4.68. The molecule has 0 saturated heterocycles. The largest absolute Gasteiger partial charge is 0.497 e. The van der Waals surface area contributed by atoms with Gasteiger partial charge in [0.1, 0.15) is 11.5 Å². The Kier molecular flexibility index (Phi) is 5.60. The standard InChI is InChI=1S/C17H15Cl2N5O2/c1-25-11-4-6-14(15(8-11)26-2)22-17-23-16(9-20-24-17)21-10-3-5-12(18)13(19)7-10/h3-9H,1-2H3,(H2,21,22,23,24). The van der Waals surface area contributed by atoms with Crippen LogP contribution in [0.15, 0.2) is 42.6 Å². The molecular formula is C17H15Cl2N5O2. The Bertz CT molecular complexity index is 923. The highest BCUT2D eigenvalue weighted by molar-refractivity contribution is 6.42. The molecule has 0 amide bonds. The van der Waals surface area contributed by atoms with E-state index in [0.717, 1.165) is 5.69 Å². The van der Waals surface area contributed by atoms with Crippen LogP contribution in [0.25, 0.3) is 0 Å². The number of ether oxygens (including phenoxy) is 2. The third-order valence-electron chi connectivity index (χ3n) is 3.41. The molecule has 2 aromatic carbocycles. The van der Waals surface area contributed by atoms with E-state index in [1.54, 1.807) is 50.6 Å². The van der Waals surface area contributed by atoms with Gasteiger partial charge < -0.3 is 20.1 Å². The van der Waals surface area contributed by atoms with Crippen LogP contribution in [0.1, 0.15) is 0 Å². The highest BCUT2D eigenvalue weighted by Gasteiger charge is 2.08. The van der Waals surface area contributed by atoms with E-state index in [2.05, 4.69) is 25.8 Å². The van der Waals surface area contributed by atoms with Crippen LogP contribution in [0.3, 0.4) is 0 Å². The van der Waals surface area contributed by atoms with Crippen molar-refractivity contribution in [2.75, 3.05) is 24.9 Å². The van der Waals surface area contributed by atoms with E-state index < -0.39 is 0 Å². The molecule has 3 rings (SSSR count). The molecule has 7 nitrogen and oxygen atoms in total. The van der Waals surface area contributed by atoms with Crippen LogP contribution in [0, 0.1) is 0 Å². The van der Waals surface area contributed by atoms with Crippen LogP contribution < -0.4 is 20.1 Å². The molecule has 0 bridgehead atoms. The van der Waals surface area contributed by atoms with Gasteiger partial charge in [0, 0.05) is 11.8 Å². The third-order valence-corrected chi connectivity index (χ3v) is 4.15. The molecule has 0 radical (unpaired) electrons. The maximum Gasteiger partial charge on any atom is 0.249 e. The number of halogens is 2. The fraction of sp³-hybridized carbons (Fsp3) is 0.118. The van der Waals surface area contributed by atoms with Crippen molar-refractivity contribution in [3.05, 3.63) is 52.6 Å². The molecule has 3 aromatic rings. The summed E-state index contributed by atoms with van der Waals surface area (Å²) in [6, 6.07) is 10.5. The molecule has 26 heavy (non-hydrogen) atoms. The van der Waals surface area contributed by atoms with Crippen molar-refractivity contribution < 1.29 is 9.47 Å². The average molecular weight is 392 g/mol. The molecule has 0 aliphatic carbocycles. The van der Waals surface area contributed by atoms with E-state index in [1.165, 1.54) is 6.20 Å². The molecule has 2 N–H and O–H groups in total. The predicted molar refractivity (Wildman–Crippen MR) is 102 cm³/mol. The second-order valence-corrected chi connectivity index (χ2v) is 5.92. The molecule has 9 heteroatoms. The molecule has 0 fully saturated rings. The second kappa shape index (κ2) is 8.07. The molecule has 0 unspecified atom stereocenters. The summed E-state index contributed by atoms with van der Waals surface area (Å²) in [6.07, 6.45) is 1.50. The average Bonchev–Trinajstić information content (AvgIpc) is 2.65. The van der Waals surface area contributed by atoms with Crippen molar-refractivity contribution in [1.29, 1.82) is 0 Å². The lowest BCUT2D eigenvalue weighted by Gasteiger charge is -2.12. The Balaban J connectivity index is 1.80. The first kappa shape index (κ1) is 18.0. The van der Waals surface area contributed by atoms with Crippen molar-refractivity contribution in [2.45, 2.75) is 0 Å². The monoisotopic (exact) mass is 391 g/mol. The minimum Gasteiger partial charge on any atom is -0.497 e. The summed E-state index contributed by atoms with van der Waals surface area (Å²) in [4.78, 5) is 4.37. The van der Waals surface area contributed by atoms with Crippen molar-refractivity contribution in [1.82, 2.24) is 15.2 Å². The van der Waals surface area contributed by atoms with Crippen LogP contribution in [-0.2, 0) is 0 Å². The van der Waals surface area contributed by atoms with Crippen LogP contribution in [0.2, 0.25) is 10.0 Å². The first-order valence-corrected chi connectivity index (χ1v) is 8.25. The zero-order valence-electron chi connectivity index (χ0n) is 14.0. The van der Waals surface area contributed by atoms with Crippen molar-refractivity contribution in [3.8, 4) is 11.5 Å². The van der Waals surface area contributed by atoms with E-state index in [4.69, 9.17) is 32.7 Å². The van der Waals surface area contributed by atoms with Gasteiger partial charge >= 0.3 is 0 Å². The number of aromatic nitrogens is 3. The fourth-order valence-corrected chi connectivity index (χ4v) is 2.46. The van der Waals surface area contributed by atoms with Gasteiger partial charge in [0.25, 0.3) is 0 Å². The fourth-order valence-electron chi connectivity index (χ4n) is 2.16. The number of hydrogen-bond donors (Lipinski definition) is 2. The SMILES string of the molecule is COc1ccc(Nc2nncc(Nc3ccc(Cl)c(Cl)c3)n2)c(OC)c1. The number of anilines is 4. The lowest BCUT2D eigenvalue weighted by Crippen LogP contribution is -2.03. The highest BCUT2D eigenvalue weighted by atomic mass is 35.5. The second-order valence-electron chi connectivity index (χ2n) is 5.11. The van der Waals surface area contributed by atoms with Crippen molar-refractivity contribution in [2.24, 2.45) is 0 Å². The van der Waals surface area contributed by atoms with E-state index >= 15 is 0 Å². The highest BCUT2D eigenvalue weighted by Crippen LogP contribution is 2.31. The summed E-state index contributed by atoms with van der Waals surface area (Å²) in [6.45, 7) is 0. The maximum absolute atomic E-state index is 6.02. The summed E-state index contributed by atoms with van der Waals surface area (Å²) in [5.41, 5.74) is 1.41. The van der Waals surface area contributed by atoms with Gasteiger partial charge in [-0.2, -0.15) is 10.1 Å². The molecule has 134 valence electrons.